The Balaban J connectivity index is 1.79. The Morgan fingerprint density at radius 1 is 1.37 bits per heavy atom. The lowest BCUT2D eigenvalue weighted by atomic mass is 9.93. The molecule has 104 valence electrons. The fraction of sp³-hybridized carbons (Fsp3) is 0.538. The van der Waals surface area contributed by atoms with Gasteiger partial charge in [-0.15, -0.1) is 0 Å². The molecule has 1 aliphatic heterocycles. The SMILES string of the molecule is CC1NNC(C)C1CCNC(=O)c1ccc(N)nc1. The zero-order chi connectivity index (χ0) is 13.8. The summed E-state index contributed by atoms with van der Waals surface area (Å²) in [5, 5.41) is 2.91. The van der Waals surface area contributed by atoms with Gasteiger partial charge in [0.1, 0.15) is 5.82 Å². The van der Waals surface area contributed by atoms with Gasteiger partial charge in [0.15, 0.2) is 0 Å². The first-order valence-electron chi connectivity index (χ1n) is 6.58. The molecule has 0 bridgehead atoms. The number of nitrogens with one attached hydrogen (secondary N) is 3. The van der Waals surface area contributed by atoms with Crippen LogP contribution in [-0.4, -0.2) is 29.5 Å². The smallest absolute Gasteiger partial charge is 0.252 e. The summed E-state index contributed by atoms with van der Waals surface area (Å²) < 4.78 is 0. The number of nitrogens with zero attached hydrogens (tertiary/aromatic N) is 1. The van der Waals surface area contributed by atoms with Crippen LogP contribution in [0.3, 0.4) is 0 Å². The lowest BCUT2D eigenvalue weighted by Gasteiger charge is -2.17. The Morgan fingerprint density at radius 3 is 2.63 bits per heavy atom. The summed E-state index contributed by atoms with van der Waals surface area (Å²) in [6.07, 6.45) is 2.44. The van der Waals surface area contributed by atoms with Crippen molar-refractivity contribution in [3.63, 3.8) is 0 Å². The first-order valence-corrected chi connectivity index (χ1v) is 6.58. The van der Waals surface area contributed by atoms with Crippen LogP contribution in [0, 0.1) is 5.92 Å². The van der Waals surface area contributed by atoms with Gasteiger partial charge in [0.2, 0.25) is 0 Å². The van der Waals surface area contributed by atoms with Crippen LogP contribution in [0.5, 0.6) is 0 Å². The molecule has 0 aromatic carbocycles. The molecule has 1 aliphatic rings. The van der Waals surface area contributed by atoms with Gasteiger partial charge < -0.3 is 11.1 Å². The summed E-state index contributed by atoms with van der Waals surface area (Å²) in [5.41, 5.74) is 12.4. The van der Waals surface area contributed by atoms with Gasteiger partial charge in [-0.1, -0.05) is 0 Å². The van der Waals surface area contributed by atoms with Gasteiger partial charge in [-0.05, 0) is 38.3 Å². The van der Waals surface area contributed by atoms with Crippen LogP contribution in [0.15, 0.2) is 18.3 Å². The Hall–Kier alpha value is -1.66. The molecule has 5 N–H and O–H groups in total. The number of nitrogens with two attached hydrogens (primary N) is 1. The van der Waals surface area contributed by atoms with Gasteiger partial charge in [-0.3, -0.25) is 15.6 Å². The summed E-state index contributed by atoms with van der Waals surface area (Å²) in [5.74, 6) is 0.832. The third-order valence-electron chi connectivity index (χ3n) is 3.63. The van der Waals surface area contributed by atoms with E-state index in [1.165, 1.54) is 6.20 Å². The zero-order valence-electron chi connectivity index (χ0n) is 11.3. The lowest BCUT2D eigenvalue weighted by Crippen LogP contribution is -2.31. The van der Waals surface area contributed by atoms with Crippen molar-refractivity contribution in [1.82, 2.24) is 21.2 Å². The number of anilines is 1. The van der Waals surface area contributed by atoms with Crippen LogP contribution in [0.4, 0.5) is 5.82 Å². The Kier molecular flexibility index (Phi) is 4.34. The minimum Gasteiger partial charge on any atom is -0.384 e. The molecule has 1 fully saturated rings. The lowest BCUT2D eigenvalue weighted by molar-refractivity contribution is 0.0950. The number of hydrazine groups is 1. The normalized spacial score (nSPS) is 26.3. The number of nitrogen functional groups attached to an aromatic ring is 1. The predicted molar refractivity (Wildman–Crippen MR) is 74.3 cm³/mol. The van der Waals surface area contributed by atoms with Crippen molar-refractivity contribution >= 4 is 11.7 Å². The second kappa shape index (κ2) is 5.99. The fourth-order valence-electron chi connectivity index (χ4n) is 2.40. The number of carbonyl (C=O) groups excluding carboxylic acids is 1. The molecule has 2 heterocycles. The van der Waals surface area contributed by atoms with Crippen LogP contribution in [-0.2, 0) is 0 Å². The summed E-state index contributed by atoms with van der Waals surface area (Å²) in [6, 6.07) is 4.15. The molecule has 6 heteroatoms. The first-order chi connectivity index (χ1) is 9.08. The monoisotopic (exact) mass is 263 g/mol. The summed E-state index contributed by atoms with van der Waals surface area (Å²) >= 11 is 0. The Labute approximate surface area is 113 Å². The topological polar surface area (TPSA) is 92.1 Å². The van der Waals surface area contributed by atoms with Gasteiger partial charge >= 0.3 is 0 Å². The maximum absolute atomic E-state index is 11.9. The molecule has 19 heavy (non-hydrogen) atoms. The maximum atomic E-state index is 11.9. The predicted octanol–water partition coefficient (Wildman–Crippen LogP) is 0.285. The van der Waals surface area contributed by atoms with Crippen molar-refractivity contribution in [2.75, 3.05) is 12.3 Å². The molecular weight excluding hydrogens is 242 g/mol. The van der Waals surface area contributed by atoms with Crippen LogP contribution in [0.1, 0.15) is 30.6 Å². The van der Waals surface area contributed by atoms with E-state index in [1.54, 1.807) is 12.1 Å². The van der Waals surface area contributed by atoms with Gasteiger partial charge in [-0.2, -0.15) is 0 Å². The molecule has 0 saturated carbocycles. The van der Waals surface area contributed by atoms with Crippen molar-refractivity contribution in [3.8, 4) is 0 Å². The largest absolute Gasteiger partial charge is 0.384 e. The van der Waals surface area contributed by atoms with Crippen molar-refractivity contribution < 1.29 is 4.79 Å². The summed E-state index contributed by atoms with van der Waals surface area (Å²) in [6.45, 7) is 4.95. The number of pyridine rings is 1. The third kappa shape index (κ3) is 3.42. The highest BCUT2D eigenvalue weighted by atomic mass is 16.1. The average Bonchev–Trinajstić information content (AvgIpc) is 2.71. The minimum atomic E-state index is -0.105. The summed E-state index contributed by atoms with van der Waals surface area (Å²) in [4.78, 5) is 15.8. The van der Waals surface area contributed by atoms with Crippen LogP contribution < -0.4 is 21.9 Å². The zero-order valence-corrected chi connectivity index (χ0v) is 11.3. The van der Waals surface area contributed by atoms with E-state index in [-0.39, 0.29) is 5.91 Å². The highest BCUT2D eigenvalue weighted by Gasteiger charge is 2.29. The van der Waals surface area contributed by atoms with Gasteiger partial charge in [0, 0.05) is 24.8 Å². The van der Waals surface area contributed by atoms with E-state index in [1.807, 2.05) is 0 Å². The quantitative estimate of drug-likeness (QED) is 0.626. The molecule has 2 rings (SSSR count). The number of hydrogen-bond donors (Lipinski definition) is 4. The van der Waals surface area contributed by atoms with Crippen LogP contribution >= 0.6 is 0 Å². The fourth-order valence-corrected chi connectivity index (χ4v) is 2.40. The molecule has 0 spiro atoms. The van der Waals surface area contributed by atoms with E-state index in [9.17, 15) is 4.79 Å². The minimum absolute atomic E-state index is 0.105. The van der Waals surface area contributed by atoms with Crippen molar-refractivity contribution in [2.45, 2.75) is 32.4 Å². The van der Waals surface area contributed by atoms with Crippen molar-refractivity contribution in [2.24, 2.45) is 5.92 Å². The van der Waals surface area contributed by atoms with E-state index in [0.717, 1.165) is 6.42 Å². The summed E-state index contributed by atoms with van der Waals surface area (Å²) in [7, 11) is 0. The molecule has 0 radical (unpaired) electrons. The molecule has 1 saturated heterocycles. The van der Waals surface area contributed by atoms with Crippen LogP contribution in [0.25, 0.3) is 0 Å². The highest BCUT2D eigenvalue weighted by Crippen LogP contribution is 2.17. The van der Waals surface area contributed by atoms with Gasteiger partial charge in [0.25, 0.3) is 5.91 Å². The number of rotatable bonds is 4. The molecule has 2 unspecified atom stereocenters. The molecule has 1 amide bonds. The molecule has 0 aliphatic carbocycles. The van der Waals surface area contributed by atoms with Crippen LogP contribution in [0.2, 0.25) is 0 Å². The average molecular weight is 263 g/mol. The van der Waals surface area contributed by atoms with Crippen molar-refractivity contribution in [1.29, 1.82) is 0 Å². The molecule has 2 atom stereocenters. The molecule has 1 aromatic heterocycles. The Bertz CT molecular complexity index is 423. The highest BCUT2D eigenvalue weighted by molar-refractivity contribution is 5.93. The van der Waals surface area contributed by atoms with E-state index in [0.29, 0.717) is 35.9 Å². The number of carbonyl (C=O) groups is 1. The maximum Gasteiger partial charge on any atom is 0.252 e. The van der Waals surface area contributed by atoms with E-state index in [4.69, 9.17) is 5.73 Å². The van der Waals surface area contributed by atoms with Crippen molar-refractivity contribution in [3.05, 3.63) is 23.9 Å². The Morgan fingerprint density at radius 2 is 2.05 bits per heavy atom. The van der Waals surface area contributed by atoms with E-state index >= 15 is 0 Å². The number of amides is 1. The molecule has 6 nitrogen and oxygen atoms in total. The van der Waals surface area contributed by atoms with E-state index < -0.39 is 0 Å². The number of hydrogen-bond acceptors (Lipinski definition) is 5. The second-order valence-electron chi connectivity index (χ2n) is 5.05. The van der Waals surface area contributed by atoms with Gasteiger partial charge in [0.05, 0.1) is 5.56 Å². The standard InChI is InChI=1S/C13H21N5O/c1-8-11(9(2)18-17-8)5-6-15-13(19)10-3-4-12(14)16-7-10/h3-4,7-9,11,17-18H,5-6H2,1-2H3,(H2,14,16)(H,15,19). The molecule has 1 aromatic rings. The third-order valence-corrected chi connectivity index (χ3v) is 3.63. The van der Waals surface area contributed by atoms with Gasteiger partial charge in [-0.25, -0.2) is 4.98 Å². The second-order valence-corrected chi connectivity index (χ2v) is 5.05. The number of aromatic nitrogens is 1. The molecular formula is C13H21N5O. The van der Waals surface area contributed by atoms with E-state index in [2.05, 4.69) is 35.0 Å². The first kappa shape index (κ1) is 13.8.